The van der Waals surface area contributed by atoms with Crippen LogP contribution in [-0.2, 0) is 18.4 Å². The third kappa shape index (κ3) is 1.47. The molecule has 1 N–H and O–H groups in total. The standard InChI is InChI=1S/C17H23NO/c1-2-18-9-16-14(1)15(10-19-16)17-6-11-3-12(7-17)5-13(4-11)8-17/h10-13,18H,1-9H2. The van der Waals surface area contributed by atoms with Crippen LogP contribution in [0.1, 0.15) is 55.4 Å². The molecule has 2 heterocycles. The fourth-order valence-corrected chi connectivity index (χ4v) is 6.15. The first kappa shape index (κ1) is 11.0. The molecule has 2 heteroatoms. The van der Waals surface area contributed by atoms with Gasteiger partial charge in [-0.1, -0.05) is 0 Å². The van der Waals surface area contributed by atoms with Crippen molar-refractivity contribution in [3.05, 3.63) is 23.2 Å². The van der Waals surface area contributed by atoms with Crippen LogP contribution in [0, 0.1) is 17.8 Å². The predicted molar refractivity (Wildman–Crippen MR) is 74.0 cm³/mol. The van der Waals surface area contributed by atoms with E-state index in [1.807, 2.05) is 0 Å². The van der Waals surface area contributed by atoms with Crippen molar-refractivity contribution in [3.63, 3.8) is 0 Å². The molecule has 2 nitrogen and oxygen atoms in total. The molecule has 4 saturated carbocycles. The van der Waals surface area contributed by atoms with E-state index < -0.39 is 0 Å². The predicted octanol–water partition coefficient (Wildman–Crippen LogP) is 3.39. The van der Waals surface area contributed by atoms with Crippen LogP contribution in [0.5, 0.6) is 0 Å². The lowest BCUT2D eigenvalue weighted by atomic mass is 9.48. The molecule has 4 bridgehead atoms. The first-order valence-corrected chi connectivity index (χ1v) is 8.13. The molecular weight excluding hydrogens is 234 g/mol. The second-order valence-corrected chi connectivity index (χ2v) is 7.68. The van der Waals surface area contributed by atoms with Crippen molar-refractivity contribution in [1.29, 1.82) is 0 Å². The Kier molecular flexibility index (Phi) is 2.11. The van der Waals surface area contributed by atoms with Gasteiger partial charge in [0, 0.05) is 5.56 Å². The Hall–Kier alpha value is -0.760. The number of furan rings is 1. The van der Waals surface area contributed by atoms with E-state index >= 15 is 0 Å². The van der Waals surface area contributed by atoms with E-state index in [2.05, 4.69) is 11.6 Å². The van der Waals surface area contributed by atoms with E-state index in [1.165, 1.54) is 50.7 Å². The van der Waals surface area contributed by atoms with Gasteiger partial charge in [0.05, 0.1) is 12.8 Å². The Balaban J connectivity index is 1.60. The summed E-state index contributed by atoms with van der Waals surface area (Å²) in [6.45, 7) is 2.08. The monoisotopic (exact) mass is 257 g/mol. The molecule has 0 atom stereocenters. The molecule has 0 unspecified atom stereocenters. The molecule has 6 rings (SSSR count). The highest BCUT2D eigenvalue weighted by atomic mass is 16.3. The van der Waals surface area contributed by atoms with Crippen LogP contribution in [0.2, 0.25) is 0 Å². The summed E-state index contributed by atoms with van der Waals surface area (Å²) >= 11 is 0. The third-order valence-corrected chi connectivity index (χ3v) is 6.43. The minimum Gasteiger partial charge on any atom is -0.467 e. The van der Waals surface area contributed by atoms with Gasteiger partial charge in [0.15, 0.2) is 0 Å². The van der Waals surface area contributed by atoms with Crippen LogP contribution in [-0.4, -0.2) is 6.54 Å². The lowest BCUT2D eigenvalue weighted by Crippen LogP contribution is -2.48. The van der Waals surface area contributed by atoms with Crippen LogP contribution in [0.25, 0.3) is 0 Å². The lowest BCUT2D eigenvalue weighted by Gasteiger charge is -2.57. The van der Waals surface area contributed by atoms with E-state index in [0.717, 1.165) is 30.8 Å². The molecule has 0 aromatic carbocycles. The number of rotatable bonds is 1. The highest BCUT2D eigenvalue weighted by Crippen LogP contribution is 2.61. The van der Waals surface area contributed by atoms with Crippen LogP contribution < -0.4 is 5.32 Å². The molecule has 102 valence electrons. The third-order valence-electron chi connectivity index (χ3n) is 6.43. The van der Waals surface area contributed by atoms with E-state index in [1.54, 1.807) is 11.1 Å². The van der Waals surface area contributed by atoms with E-state index in [-0.39, 0.29) is 0 Å². The normalized spacial score (nSPS) is 43.5. The summed E-state index contributed by atoms with van der Waals surface area (Å²) in [5.74, 6) is 4.31. The highest BCUT2D eigenvalue weighted by molar-refractivity contribution is 5.38. The Labute approximate surface area is 114 Å². The Morgan fingerprint density at radius 2 is 1.74 bits per heavy atom. The number of hydrogen-bond donors (Lipinski definition) is 1. The van der Waals surface area contributed by atoms with Gasteiger partial charge in [-0.15, -0.1) is 0 Å². The van der Waals surface area contributed by atoms with Crippen LogP contribution in [0.4, 0.5) is 0 Å². The minimum atomic E-state index is 0.517. The molecule has 0 spiro atoms. The van der Waals surface area contributed by atoms with Gasteiger partial charge in [-0.05, 0) is 80.2 Å². The van der Waals surface area contributed by atoms with Crippen molar-refractivity contribution in [3.8, 4) is 0 Å². The molecule has 0 amide bonds. The topological polar surface area (TPSA) is 25.2 Å². The molecule has 0 saturated heterocycles. The highest BCUT2D eigenvalue weighted by Gasteiger charge is 2.52. The maximum Gasteiger partial charge on any atom is 0.121 e. The van der Waals surface area contributed by atoms with E-state index in [4.69, 9.17) is 4.42 Å². The zero-order chi connectivity index (χ0) is 12.4. The number of hydrogen-bond acceptors (Lipinski definition) is 2. The zero-order valence-corrected chi connectivity index (χ0v) is 11.6. The maximum atomic E-state index is 5.91. The number of fused-ring (bicyclic) bond motifs is 1. The molecule has 19 heavy (non-hydrogen) atoms. The largest absolute Gasteiger partial charge is 0.467 e. The SMILES string of the molecule is c1oc2c(c1C13CC4CC(CC(C4)C1)C3)CCNC2. The van der Waals surface area contributed by atoms with E-state index in [0.29, 0.717) is 5.41 Å². The molecule has 5 aliphatic rings. The van der Waals surface area contributed by atoms with Crippen LogP contribution in [0.3, 0.4) is 0 Å². The molecule has 1 aromatic rings. The van der Waals surface area contributed by atoms with Gasteiger partial charge in [0.1, 0.15) is 5.76 Å². The molecule has 1 aliphatic heterocycles. The van der Waals surface area contributed by atoms with Crippen molar-refractivity contribution >= 4 is 0 Å². The Bertz CT molecular complexity index is 480. The molecule has 0 radical (unpaired) electrons. The van der Waals surface area contributed by atoms with Crippen molar-refractivity contribution in [2.45, 2.75) is 56.9 Å². The fourth-order valence-electron chi connectivity index (χ4n) is 6.15. The molecular formula is C17H23NO. The average Bonchev–Trinajstić information content (AvgIpc) is 2.81. The molecule has 4 aliphatic carbocycles. The van der Waals surface area contributed by atoms with Crippen molar-refractivity contribution < 1.29 is 4.42 Å². The van der Waals surface area contributed by atoms with Crippen LogP contribution >= 0.6 is 0 Å². The van der Waals surface area contributed by atoms with Gasteiger partial charge in [0.25, 0.3) is 0 Å². The first-order valence-electron chi connectivity index (χ1n) is 8.13. The summed E-state index contributed by atoms with van der Waals surface area (Å²) in [6, 6.07) is 0. The van der Waals surface area contributed by atoms with Gasteiger partial charge in [0.2, 0.25) is 0 Å². The summed E-state index contributed by atoms with van der Waals surface area (Å²) in [5, 5.41) is 3.43. The van der Waals surface area contributed by atoms with E-state index in [9.17, 15) is 0 Å². The second-order valence-electron chi connectivity index (χ2n) is 7.68. The smallest absolute Gasteiger partial charge is 0.121 e. The Morgan fingerprint density at radius 1 is 1.05 bits per heavy atom. The van der Waals surface area contributed by atoms with Crippen molar-refractivity contribution in [2.24, 2.45) is 17.8 Å². The van der Waals surface area contributed by atoms with Crippen molar-refractivity contribution in [2.75, 3.05) is 6.54 Å². The average molecular weight is 257 g/mol. The first-order chi connectivity index (χ1) is 9.32. The quantitative estimate of drug-likeness (QED) is 0.834. The molecule has 1 aromatic heterocycles. The number of nitrogens with one attached hydrogen (secondary N) is 1. The summed E-state index contributed by atoms with van der Waals surface area (Å²) in [6.07, 6.45) is 12.3. The van der Waals surface area contributed by atoms with Gasteiger partial charge in [-0.25, -0.2) is 0 Å². The molecule has 4 fully saturated rings. The summed E-state index contributed by atoms with van der Waals surface area (Å²) in [5.41, 5.74) is 3.73. The zero-order valence-electron chi connectivity index (χ0n) is 11.6. The second kappa shape index (κ2) is 3.66. The van der Waals surface area contributed by atoms with Crippen LogP contribution in [0.15, 0.2) is 10.7 Å². The Morgan fingerprint density at radius 3 is 2.42 bits per heavy atom. The summed E-state index contributed by atoms with van der Waals surface area (Å²) < 4.78 is 5.91. The summed E-state index contributed by atoms with van der Waals surface area (Å²) in [4.78, 5) is 0. The van der Waals surface area contributed by atoms with Gasteiger partial charge in [-0.2, -0.15) is 0 Å². The maximum absolute atomic E-state index is 5.91. The van der Waals surface area contributed by atoms with Crippen molar-refractivity contribution in [1.82, 2.24) is 5.32 Å². The van der Waals surface area contributed by atoms with Gasteiger partial charge in [-0.3, -0.25) is 0 Å². The van der Waals surface area contributed by atoms with Gasteiger partial charge < -0.3 is 9.73 Å². The summed E-state index contributed by atoms with van der Waals surface area (Å²) in [7, 11) is 0. The minimum absolute atomic E-state index is 0.517. The van der Waals surface area contributed by atoms with Gasteiger partial charge >= 0.3 is 0 Å². The lowest BCUT2D eigenvalue weighted by molar-refractivity contribution is -0.00578. The fraction of sp³-hybridized carbons (Fsp3) is 0.765.